The Balaban J connectivity index is 3.06. The fraction of sp³-hybridized carbons (Fsp3) is 0.182. The third kappa shape index (κ3) is 2.60. The van der Waals surface area contributed by atoms with E-state index in [4.69, 9.17) is 16.7 Å². The molecule has 1 aromatic rings. The summed E-state index contributed by atoms with van der Waals surface area (Å²) in [6.07, 6.45) is 2.32. The quantitative estimate of drug-likeness (QED) is 0.776. The molecule has 0 aliphatic carbocycles. The van der Waals surface area contributed by atoms with Crippen molar-refractivity contribution < 1.29 is 9.90 Å². The molecule has 0 radical (unpaired) electrons. The Morgan fingerprint density at radius 3 is 2.86 bits per heavy atom. The van der Waals surface area contributed by atoms with E-state index < -0.39 is 5.97 Å². The number of aliphatic carboxylic acids is 1. The van der Waals surface area contributed by atoms with Gasteiger partial charge in [-0.2, -0.15) is 0 Å². The van der Waals surface area contributed by atoms with E-state index in [2.05, 4.69) is 6.58 Å². The molecule has 0 amide bonds. The summed E-state index contributed by atoms with van der Waals surface area (Å²) < 4.78 is 0. The van der Waals surface area contributed by atoms with E-state index in [-0.39, 0.29) is 6.42 Å². The second-order valence-electron chi connectivity index (χ2n) is 2.94. The van der Waals surface area contributed by atoms with Gasteiger partial charge in [-0.25, -0.2) is 0 Å². The van der Waals surface area contributed by atoms with E-state index in [1.54, 1.807) is 24.3 Å². The molecule has 0 saturated carbocycles. The summed E-state index contributed by atoms with van der Waals surface area (Å²) in [5, 5.41) is 9.28. The fourth-order valence-corrected chi connectivity index (χ4v) is 1.58. The topological polar surface area (TPSA) is 37.3 Å². The molecule has 14 heavy (non-hydrogen) atoms. The molecule has 0 aromatic heterocycles. The van der Waals surface area contributed by atoms with E-state index in [0.29, 0.717) is 11.4 Å². The highest BCUT2D eigenvalue weighted by Gasteiger charge is 2.08. The van der Waals surface area contributed by atoms with Crippen LogP contribution < -0.4 is 0 Å². The normalized spacial score (nSPS) is 9.79. The average molecular weight is 211 g/mol. The maximum Gasteiger partial charge on any atom is 0.307 e. The van der Waals surface area contributed by atoms with Crippen molar-refractivity contribution in [2.45, 2.75) is 12.8 Å². The number of carbonyl (C=O) groups is 1. The van der Waals surface area contributed by atoms with Gasteiger partial charge in [0.05, 0.1) is 6.42 Å². The van der Waals surface area contributed by atoms with Crippen LogP contribution in [0, 0.1) is 0 Å². The van der Waals surface area contributed by atoms with Crippen molar-refractivity contribution in [2.75, 3.05) is 0 Å². The molecule has 0 atom stereocenters. The molecule has 0 heterocycles. The van der Waals surface area contributed by atoms with Crippen LogP contribution in [0.15, 0.2) is 30.9 Å². The SMILES string of the molecule is C=CCc1c(Cl)cccc1CC(=O)O. The summed E-state index contributed by atoms with van der Waals surface area (Å²) in [6.45, 7) is 3.61. The molecular formula is C11H11ClO2. The summed E-state index contributed by atoms with van der Waals surface area (Å²) in [5.41, 5.74) is 1.61. The first-order valence-electron chi connectivity index (χ1n) is 4.24. The molecule has 0 spiro atoms. The molecule has 0 aliphatic rings. The van der Waals surface area contributed by atoms with Crippen LogP contribution in [0.4, 0.5) is 0 Å². The predicted octanol–water partition coefficient (Wildman–Crippen LogP) is 2.70. The standard InChI is InChI=1S/C11H11ClO2/c1-2-4-9-8(7-11(13)14)5-3-6-10(9)12/h2-3,5-6H,1,4,7H2,(H,13,14). The number of benzene rings is 1. The Morgan fingerprint density at radius 2 is 2.29 bits per heavy atom. The van der Waals surface area contributed by atoms with Gasteiger partial charge in [-0.15, -0.1) is 6.58 Å². The van der Waals surface area contributed by atoms with Crippen molar-refractivity contribution in [1.82, 2.24) is 0 Å². The highest BCUT2D eigenvalue weighted by atomic mass is 35.5. The maximum atomic E-state index is 10.6. The van der Waals surface area contributed by atoms with Crippen LogP contribution in [0.1, 0.15) is 11.1 Å². The number of hydrogen-bond donors (Lipinski definition) is 1. The van der Waals surface area contributed by atoms with Crippen molar-refractivity contribution in [2.24, 2.45) is 0 Å². The third-order valence-electron chi connectivity index (χ3n) is 1.91. The predicted molar refractivity (Wildman–Crippen MR) is 56.7 cm³/mol. The molecule has 2 nitrogen and oxygen atoms in total. The first kappa shape index (κ1) is 10.8. The van der Waals surface area contributed by atoms with Crippen LogP contribution in [-0.2, 0) is 17.6 Å². The van der Waals surface area contributed by atoms with Crippen molar-refractivity contribution >= 4 is 17.6 Å². The van der Waals surface area contributed by atoms with Gasteiger partial charge in [-0.1, -0.05) is 29.8 Å². The van der Waals surface area contributed by atoms with Crippen molar-refractivity contribution in [3.05, 3.63) is 47.0 Å². The van der Waals surface area contributed by atoms with Gasteiger partial charge < -0.3 is 5.11 Å². The monoisotopic (exact) mass is 210 g/mol. The van der Waals surface area contributed by atoms with E-state index in [9.17, 15) is 4.79 Å². The molecule has 1 rings (SSSR count). The van der Waals surface area contributed by atoms with Crippen LogP contribution in [0.2, 0.25) is 5.02 Å². The van der Waals surface area contributed by atoms with Crippen molar-refractivity contribution in [1.29, 1.82) is 0 Å². The lowest BCUT2D eigenvalue weighted by molar-refractivity contribution is -0.136. The van der Waals surface area contributed by atoms with Crippen LogP contribution in [0.5, 0.6) is 0 Å². The summed E-state index contributed by atoms with van der Waals surface area (Å²) in [4.78, 5) is 10.6. The zero-order chi connectivity index (χ0) is 10.6. The second kappa shape index (κ2) is 4.82. The van der Waals surface area contributed by atoms with Crippen LogP contribution in [0.25, 0.3) is 0 Å². The number of allylic oxidation sites excluding steroid dienone is 1. The number of carboxylic acids is 1. The summed E-state index contributed by atoms with van der Waals surface area (Å²) in [5.74, 6) is -0.849. The highest BCUT2D eigenvalue weighted by Crippen LogP contribution is 2.21. The number of rotatable bonds is 4. The molecule has 0 bridgehead atoms. The lowest BCUT2D eigenvalue weighted by atomic mass is 10.0. The Hall–Kier alpha value is -1.28. The Labute approximate surface area is 87.8 Å². The lowest BCUT2D eigenvalue weighted by Crippen LogP contribution is -2.03. The molecule has 1 N–H and O–H groups in total. The van der Waals surface area contributed by atoms with Gasteiger partial charge >= 0.3 is 5.97 Å². The van der Waals surface area contributed by atoms with E-state index in [0.717, 1.165) is 11.1 Å². The molecule has 0 saturated heterocycles. The second-order valence-corrected chi connectivity index (χ2v) is 3.35. The fourth-order valence-electron chi connectivity index (χ4n) is 1.30. The van der Waals surface area contributed by atoms with Gasteiger partial charge in [0.2, 0.25) is 0 Å². The van der Waals surface area contributed by atoms with Gasteiger partial charge in [-0.3, -0.25) is 4.79 Å². The minimum Gasteiger partial charge on any atom is -0.481 e. The zero-order valence-electron chi connectivity index (χ0n) is 7.66. The van der Waals surface area contributed by atoms with Crippen molar-refractivity contribution in [3.63, 3.8) is 0 Å². The minimum atomic E-state index is -0.849. The van der Waals surface area contributed by atoms with Gasteiger partial charge in [0, 0.05) is 5.02 Å². The zero-order valence-corrected chi connectivity index (χ0v) is 8.42. The first-order chi connectivity index (χ1) is 6.65. The summed E-state index contributed by atoms with van der Waals surface area (Å²) in [7, 11) is 0. The van der Waals surface area contributed by atoms with E-state index >= 15 is 0 Å². The number of carboxylic acid groups (broad SMARTS) is 1. The molecule has 1 aromatic carbocycles. The molecule has 3 heteroatoms. The third-order valence-corrected chi connectivity index (χ3v) is 2.26. The van der Waals surface area contributed by atoms with Gasteiger partial charge in [-0.05, 0) is 23.6 Å². The van der Waals surface area contributed by atoms with E-state index in [1.165, 1.54) is 0 Å². The van der Waals surface area contributed by atoms with Crippen LogP contribution in [-0.4, -0.2) is 11.1 Å². The average Bonchev–Trinajstić information content (AvgIpc) is 2.10. The largest absolute Gasteiger partial charge is 0.481 e. The summed E-state index contributed by atoms with van der Waals surface area (Å²) >= 11 is 5.95. The number of halogens is 1. The maximum absolute atomic E-state index is 10.6. The Morgan fingerprint density at radius 1 is 1.57 bits per heavy atom. The lowest BCUT2D eigenvalue weighted by Gasteiger charge is -2.07. The number of hydrogen-bond acceptors (Lipinski definition) is 1. The van der Waals surface area contributed by atoms with Gasteiger partial charge in [0.25, 0.3) is 0 Å². The van der Waals surface area contributed by atoms with Crippen LogP contribution in [0.3, 0.4) is 0 Å². The highest BCUT2D eigenvalue weighted by molar-refractivity contribution is 6.31. The minimum absolute atomic E-state index is 0.00370. The Kier molecular flexibility index (Phi) is 3.72. The van der Waals surface area contributed by atoms with Crippen LogP contribution >= 0.6 is 11.6 Å². The molecule has 0 unspecified atom stereocenters. The molecule has 0 fully saturated rings. The van der Waals surface area contributed by atoms with Gasteiger partial charge in [0.15, 0.2) is 0 Å². The summed E-state index contributed by atoms with van der Waals surface area (Å²) in [6, 6.07) is 5.29. The van der Waals surface area contributed by atoms with Gasteiger partial charge in [0.1, 0.15) is 0 Å². The Bertz CT molecular complexity index is 358. The first-order valence-corrected chi connectivity index (χ1v) is 4.62. The van der Waals surface area contributed by atoms with E-state index in [1.807, 2.05) is 0 Å². The smallest absolute Gasteiger partial charge is 0.307 e. The van der Waals surface area contributed by atoms with Crippen molar-refractivity contribution in [3.8, 4) is 0 Å². The molecular weight excluding hydrogens is 200 g/mol. The molecule has 74 valence electrons. The molecule has 0 aliphatic heterocycles.